The van der Waals surface area contributed by atoms with Gasteiger partial charge in [-0.3, -0.25) is 4.79 Å². The fourth-order valence-electron chi connectivity index (χ4n) is 1.86. The van der Waals surface area contributed by atoms with Crippen molar-refractivity contribution in [1.29, 1.82) is 0 Å². The molecule has 1 rings (SSSR count). The Balaban J connectivity index is 2.59. The molecule has 1 N–H and O–H groups in total. The molecule has 1 aliphatic heterocycles. The highest BCUT2D eigenvalue weighted by Gasteiger charge is 2.35. The van der Waals surface area contributed by atoms with Crippen LogP contribution in [0.1, 0.15) is 27.2 Å². The maximum absolute atomic E-state index is 11.6. The van der Waals surface area contributed by atoms with Crippen molar-refractivity contribution in [3.63, 3.8) is 0 Å². The fourth-order valence-corrected chi connectivity index (χ4v) is 1.86. The van der Waals surface area contributed by atoms with Gasteiger partial charge >= 0.3 is 0 Å². The molecular formula is C11H21NO3. The first kappa shape index (κ1) is 12.5. The van der Waals surface area contributed by atoms with E-state index in [1.807, 2.05) is 11.8 Å². The smallest absolute Gasteiger partial charge is 0.248 e. The maximum Gasteiger partial charge on any atom is 0.248 e. The monoisotopic (exact) mass is 215 g/mol. The Morgan fingerprint density at radius 1 is 1.60 bits per heavy atom. The molecule has 88 valence electrons. The second-order valence-electron chi connectivity index (χ2n) is 4.88. The number of carbonyl (C=O) groups excluding carboxylic acids is 1. The molecule has 1 heterocycles. The van der Waals surface area contributed by atoms with Gasteiger partial charge in [0.15, 0.2) is 0 Å². The number of ether oxygens (including phenoxy) is 1. The molecule has 1 saturated heterocycles. The number of aliphatic hydroxyl groups excluding tert-OH is 1. The number of morpholine rings is 1. The van der Waals surface area contributed by atoms with Gasteiger partial charge in [0.25, 0.3) is 0 Å². The van der Waals surface area contributed by atoms with E-state index in [9.17, 15) is 4.79 Å². The minimum Gasteiger partial charge on any atom is -0.396 e. The van der Waals surface area contributed by atoms with Crippen molar-refractivity contribution in [3.8, 4) is 0 Å². The van der Waals surface area contributed by atoms with Gasteiger partial charge in [0, 0.05) is 26.1 Å². The van der Waals surface area contributed by atoms with Crippen LogP contribution in [-0.2, 0) is 9.53 Å². The Bertz CT molecular complexity index is 230. The van der Waals surface area contributed by atoms with E-state index in [0.29, 0.717) is 18.9 Å². The fraction of sp³-hybridized carbons (Fsp3) is 0.909. The molecule has 4 heteroatoms. The first-order chi connectivity index (χ1) is 6.97. The average molecular weight is 215 g/mol. The van der Waals surface area contributed by atoms with E-state index < -0.39 is 0 Å². The molecule has 0 spiro atoms. The molecule has 1 atom stereocenters. The van der Waals surface area contributed by atoms with E-state index in [4.69, 9.17) is 9.84 Å². The van der Waals surface area contributed by atoms with E-state index in [0.717, 1.165) is 6.54 Å². The molecule has 1 fully saturated rings. The van der Waals surface area contributed by atoms with Crippen molar-refractivity contribution in [2.75, 3.05) is 26.3 Å². The summed E-state index contributed by atoms with van der Waals surface area (Å²) in [5, 5.41) is 8.93. The molecule has 1 aliphatic rings. The van der Waals surface area contributed by atoms with Crippen LogP contribution >= 0.6 is 0 Å². The lowest BCUT2D eigenvalue weighted by Gasteiger charge is -2.40. The number of amides is 1. The topological polar surface area (TPSA) is 49.8 Å². The number of carbonyl (C=O) groups is 1. The third kappa shape index (κ3) is 3.47. The largest absolute Gasteiger partial charge is 0.396 e. The first-order valence-corrected chi connectivity index (χ1v) is 5.49. The molecule has 0 saturated carbocycles. The van der Waals surface area contributed by atoms with Crippen LogP contribution < -0.4 is 0 Å². The van der Waals surface area contributed by atoms with E-state index >= 15 is 0 Å². The lowest BCUT2D eigenvalue weighted by atomic mass is 9.99. The van der Waals surface area contributed by atoms with Gasteiger partial charge in [0.2, 0.25) is 5.91 Å². The molecule has 0 aromatic heterocycles. The van der Waals surface area contributed by atoms with Crippen molar-refractivity contribution in [1.82, 2.24) is 4.90 Å². The molecule has 0 aromatic carbocycles. The van der Waals surface area contributed by atoms with Gasteiger partial charge in [-0.15, -0.1) is 0 Å². The van der Waals surface area contributed by atoms with Crippen molar-refractivity contribution >= 4 is 5.91 Å². The highest BCUT2D eigenvalue weighted by atomic mass is 16.5. The molecular weight excluding hydrogens is 194 g/mol. The van der Waals surface area contributed by atoms with Gasteiger partial charge in [-0.1, -0.05) is 13.8 Å². The van der Waals surface area contributed by atoms with E-state index in [1.165, 1.54) is 0 Å². The van der Waals surface area contributed by atoms with Crippen molar-refractivity contribution in [2.24, 2.45) is 5.92 Å². The van der Waals surface area contributed by atoms with Gasteiger partial charge in [-0.05, 0) is 12.8 Å². The number of rotatable bonds is 4. The van der Waals surface area contributed by atoms with E-state index in [-0.39, 0.29) is 24.7 Å². The molecule has 4 nitrogen and oxygen atoms in total. The van der Waals surface area contributed by atoms with Crippen LogP contribution in [0, 0.1) is 5.92 Å². The van der Waals surface area contributed by atoms with Crippen molar-refractivity contribution < 1.29 is 14.6 Å². The van der Waals surface area contributed by atoms with E-state index in [2.05, 4.69) is 13.8 Å². The van der Waals surface area contributed by atoms with Crippen molar-refractivity contribution in [3.05, 3.63) is 0 Å². The average Bonchev–Trinajstić information content (AvgIpc) is 2.11. The minimum absolute atomic E-state index is 0.0547. The van der Waals surface area contributed by atoms with Crippen molar-refractivity contribution in [2.45, 2.75) is 32.8 Å². The zero-order valence-electron chi connectivity index (χ0n) is 9.82. The highest BCUT2D eigenvalue weighted by molar-refractivity contribution is 5.78. The SMILES string of the molecule is CC(C)CN1CC(C)(CCO)OCC1=O. The summed E-state index contributed by atoms with van der Waals surface area (Å²) < 4.78 is 5.48. The lowest BCUT2D eigenvalue weighted by Crippen LogP contribution is -2.54. The molecule has 0 bridgehead atoms. The summed E-state index contributed by atoms with van der Waals surface area (Å²) >= 11 is 0. The van der Waals surface area contributed by atoms with Crippen LogP contribution in [0.3, 0.4) is 0 Å². The standard InChI is InChI=1S/C11H21NO3/c1-9(2)6-12-8-11(3,4-5-13)15-7-10(12)14/h9,13H,4-8H2,1-3H3. The first-order valence-electron chi connectivity index (χ1n) is 5.49. The molecule has 0 radical (unpaired) electrons. The summed E-state index contributed by atoms with van der Waals surface area (Å²) in [6, 6.07) is 0. The third-order valence-corrected chi connectivity index (χ3v) is 2.65. The van der Waals surface area contributed by atoms with Gasteiger partial charge < -0.3 is 14.7 Å². The number of nitrogens with zero attached hydrogens (tertiary/aromatic N) is 1. The van der Waals surface area contributed by atoms with Crippen LogP contribution in [0.5, 0.6) is 0 Å². The predicted octanol–water partition coefficient (Wildman–Crippen LogP) is 0.642. The molecule has 0 aliphatic carbocycles. The summed E-state index contributed by atoms with van der Waals surface area (Å²) in [7, 11) is 0. The Morgan fingerprint density at radius 3 is 2.80 bits per heavy atom. The van der Waals surface area contributed by atoms with Crippen LogP contribution in [0.15, 0.2) is 0 Å². The van der Waals surface area contributed by atoms with Gasteiger partial charge in [-0.25, -0.2) is 0 Å². The number of hydrogen-bond donors (Lipinski definition) is 1. The highest BCUT2D eigenvalue weighted by Crippen LogP contribution is 2.22. The Kier molecular flexibility index (Phi) is 4.11. The summed E-state index contributed by atoms with van der Waals surface area (Å²) in [6.07, 6.45) is 0.578. The second-order valence-corrected chi connectivity index (χ2v) is 4.88. The molecule has 0 aromatic rings. The quantitative estimate of drug-likeness (QED) is 0.749. The zero-order valence-corrected chi connectivity index (χ0v) is 9.82. The summed E-state index contributed by atoms with van der Waals surface area (Å²) in [5.41, 5.74) is -0.377. The summed E-state index contributed by atoms with van der Waals surface area (Å²) in [4.78, 5) is 13.4. The van der Waals surface area contributed by atoms with Crippen LogP contribution in [-0.4, -0.2) is 47.8 Å². The van der Waals surface area contributed by atoms with E-state index in [1.54, 1.807) is 0 Å². The second kappa shape index (κ2) is 4.94. The lowest BCUT2D eigenvalue weighted by molar-refractivity contribution is -0.164. The number of aliphatic hydroxyl groups is 1. The predicted molar refractivity (Wildman–Crippen MR) is 57.5 cm³/mol. The van der Waals surface area contributed by atoms with Gasteiger partial charge in [0.05, 0.1) is 5.60 Å². The minimum atomic E-state index is -0.377. The maximum atomic E-state index is 11.6. The molecule has 1 amide bonds. The summed E-state index contributed by atoms with van der Waals surface area (Å²) in [5.74, 6) is 0.518. The van der Waals surface area contributed by atoms with Crippen LogP contribution in [0.25, 0.3) is 0 Å². The molecule has 1 unspecified atom stereocenters. The Hall–Kier alpha value is -0.610. The normalized spacial score (nSPS) is 27.5. The third-order valence-electron chi connectivity index (χ3n) is 2.65. The van der Waals surface area contributed by atoms with Gasteiger partial charge in [-0.2, -0.15) is 0 Å². The molecule has 15 heavy (non-hydrogen) atoms. The Labute approximate surface area is 91.2 Å². The zero-order chi connectivity index (χ0) is 11.5. The van der Waals surface area contributed by atoms with Crippen LogP contribution in [0.2, 0.25) is 0 Å². The Morgan fingerprint density at radius 2 is 2.27 bits per heavy atom. The summed E-state index contributed by atoms with van der Waals surface area (Å²) in [6.45, 7) is 7.72. The number of hydrogen-bond acceptors (Lipinski definition) is 3. The van der Waals surface area contributed by atoms with Gasteiger partial charge in [0.1, 0.15) is 6.61 Å². The van der Waals surface area contributed by atoms with Crippen LogP contribution in [0.4, 0.5) is 0 Å².